The summed E-state index contributed by atoms with van der Waals surface area (Å²) in [7, 11) is 0. The molecule has 1 N–H and O–H groups in total. The zero-order valence-corrected chi connectivity index (χ0v) is 11.2. The summed E-state index contributed by atoms with van der Waals surface area (Å²) in [6, 6.07) is 0.371. The van der Waals surface area contributed by atoms with Gasteiger partial charge in [0.15, 0.2) is 0 Å². The summed E-state index contributed by atoms with van der Waals surface area (Å²) in [6.45, 7) is 8.17. The Morgan fingerprint density at radius 3 is 3.00 bits per heavy atom. The van der Waals surface area contributed by atoms with Gasteiger partial charge in [0, 0.05) is 32.2 Å². The van der Waals surface area contributed by atoms with Crippen LogP contribution in [0.15, 0.2) is 0 Å². The highest BCUT2D eigenvalue weighted by Crippen LogP contribution is 2.32. The Labute approximate surface area is 108 Å². The number of hydrogen-bond acceptors (Lipinski definition) is 4. The zero-order valence-electron chi connectivity index (χ0n) is 11.2. The van der Waals surface area contributed by atoms with Gasteiger partial charge in [-0.2, -0.15) is 0 Å². The molecule has 0 aliphatic carbocycles. The molecule has 1 saturated heterocycles. The van der Waals surface area contributed by atoms with Gasteiger partial charge in [0.2, 0.25) is 0 Å². The van der Waals surface area contributed by atoms with Crippen LogP contribution in [0.4, 0.5) is 0 Å². The number of nitrogens with zero attached hydrogens (tertiary/aromatic N) is 3. The quantitative estimate of drug-likeness (QED) is 0.863. The van der Waals surface area contributed by atoms with Gasteiger partial charge >= 0.3 is 0 Å². The third-order valence-corrected chi connectivity index (χ3v) is 4.23. The van der Waals surface area contributed by atoms with Gasteiger partial charge in [-0.25, -0.2) is 0 Å². The number of ether oxygens (including phenoxy) is 1. The normalized spacial score (nSPS) is 32.2. The molecule has 1 aromatic rings. The first-order chi connectivity index (χ1) is 8.81. The molecule has 18 heavy (non-hydrogen) atoms. The molecule has 2 aliphatic heterocycles. The Kier molecular flexibility index (Phi) is 3.35. The number of fused-ring (bicyclic) bond motifs is 1. The van der Waals surface area contributed by atoms with Crippen LogP contribution in [0, 0.1) is 5.92 Å². The van der Waals surface area contributed by atoms with Crippen LogP contribution in [0.5, 0.6) is 0 Å². The van der Waals surface area contributed by atoms with Gasteiger partial charge in [0.25, 0.3) is 0 Å². The fourth-order valence-electron chi connectivity index (χ4n) is 3.12. The van der Waals surface area contributed by atoms with Gasteiger partial charge in [0.1, 0.15) is 11.6 Å². The van der Waals surface area contributed by atoms with Crippen LogP contribution < -0.4 is 5.32 Å². The van der Waals surface area contributed by atoms with Crippen molar-refractivity contribution in [1.82, 2.24) is 20.1 Å². The second-order valence-electron chi connectivity index (χ2n) is 5.43. The van der Waals surface area contributed by atoms with E-state index in [1.54, 1.807) is 0 Å². The summed E-state index contributed by atoms with van der Waals surface area (Å²) < 4.78 is 7.87. The Morgan fingerprint density at radius 2 is 2.22 bits per heavy atom. The molecule has 0 spiro atoms. The average molecular weight is 250 g/mol. The van der Waals surface area contributed by atoms with Crippen molar-refractivity contribution in [3.05, 3.63) is 11.6 Å². The monoisotopic (exact) mass is 250 g/mol. The molecule has 3 rings (SSSR count). The van der Waals surface area contributed by atoms with E-state index < -0.39 is 0 Å². The van der Waals surface area contributed by atoms with E-state index in [4.69, 9.17) is 4.74 Å². The first kappa shape index (κ1) is 12.1. The molecule has 5 nitrogen and oxygen atoms in total. The van der Waals surface area contributed by atoms with Crippen LogP contribution in [-0.4, -0.2) is 34.5 Å². The van der Waals surface area contributed by atoms with Gasteiger partial charge < -0.3 is 14.6 Å². The molecule has 1 aromatic heterocycles. The van der Waals surface area contributed by atoms with E-state index in [0.717, 1.165) is 45.0 Å². The molecule has 0 saturated carbocycles. The number of aromatic nitrogens is 3. The number of rotatable bonds is 2. The number of nitrogens with one attached hydrogen (secondary N) is 1. The van der Waals surface area contributed by atoms with Gasteiger partial charge in [-0.15, -0.1) is 10.2 Å². The van der Waals surface area contributed by atoms with Crippen molar-refractivity contribution in [1.29, 1.82) is 0 Å². The van der Waals surface area contributed by atoms with Crippen LogP contribution in [0.2, 0.25) is 0 Å². The topological polar surface area (TPSA) is 52.0 Å². The molecule has 2 aliphatic rings. The van der Waals surface area contributed by atoms with E-state index >= 15 is 0 Å². The lowest BCUT2D eigenvalue weighted by Crippen LogP contribution is -2.35. The second kappa shape index (κ2) is 4.97. The zero-order chi connectivity index (χ0) is 12.5. The maximum atomic E-state index is 5.53. The van der Waals surface area contributed by atoms with E-state index in [-0.39, 0.29) is 0 Å². The molecule has 3 unspecified atom stereocenters. The van der Waals surface area contributed by atoms with Gasteiger partial charge in [-0.05, 0) is 18.8 Å². The maximum Gasteiger partial charge on any atom is 0.150 e. The molecule has 100 valence electrons. The fourth-order valence-corrected chi connectivity index (χ4v) is 3.12. The van der Waals surface area contributed by atoms with E-state index in [9.17, 15) is 0 Å². The van der Waals surface area contributed by atoms with Crippen molar-refractivity contribution in [2.24, 2.45) is 5.92 Å². The molecule has 3 heterocycles. The van der Waals surface area contributed by atoms with E-state index in [1.807, 2.05) is 0 Å². The molecule has 3 atom stereocenters. The van der Waals surface area contributed by atoms with Crippen molar-refractivity contribution in [3.8, 4) is 0 Å². The summed E-state index contributed by atoms with van der Waals surface area (Å²) in [6.07, 6.45) is 2.14. The van der Waals surface area contributed by atoms with Crippen LogP contribution in [0.25, 0.3) is 0 Å². The summed E-state index contributed by atoms with van der Waals surface area (Å²) in [4.78, 5) is 0. The lowest BCUT2D eigenvalue weighted by Gasteiger charge is -2.30. The lowest BCUT2D eigenvalue weighted by molar-refractivity contribution is 0.0441. The minimum Gasteiger partial charge on any atom is -0.381 e. The van der Waals surface area contributed by atoms with Crippen molar-refractivity contribution in [2.45, 2.75) is 45.2 Å². The Bertz CT molecular complexity index is 417. The van der Waals surface area contributed by atoms with Gasteiger partial charge in [-0.3, -0.25) is 0 Å². The average Bonchev–Trinajstić information content (AvgIpc) is 2.83. The fraction of sp³-hybridized carbons (Fsp3) is 0.846. The summed E-state index contributed by atoms with van der Waals surface area (Å²) in [5.74, 6) is 3.36. The third-order valence-electron chi connectivity index (χ3n) is 4.23. The predicted octanol–water partition coefficient (Wildman–Crippen LogP) is 1.47. The molecular weight excluding hydrogens is 228 g/mol. The highest BCUT2D eigenvalue weighted by atomic mass is 16.5. The van der Waals surface area contributed by atoms with E-state index in [0.29, 0.717) is 17.9 Å². The molecule has 0 amide bonds. The van der Waals surface area contributed by atoms with Crippen molar-refractivity contribution >= 4 is 0 Å². The first-order valence-corrected chi connectivity index (χ1v) is 7.05. The molecular formula is C13H22N4O. The second-order valence-corrected chi connectivity index (χ2v) is 5.43. The van der Waals surface area contributed by atoms with E-state index in [2.05, 4.69) is 33.9 Å². The van der Waals surface area contributed by atoms with Gasteiger partial charge in [0.05, 0.1) is 6.04 Å². The molecule has 0 radical (unpaired) electrons. The maximum absolute atomic E-state index is 5.53. The van der Waals surface area contributed by atoms with Gasteiger partial charge in [-0.1, -0.05) is 13.8 Å². The largest absolute Gasteiger partial charge is 0.381 e. The molecule has 1 fully saturated rings. The molecule has 5 heteroatoms. The smallest absolute Gasteiger partial charge is 0.150 e. The SMILES string of the molecule is CCC1NCCn2c1nnc2C1CCOCC1C. The van der Waals surface area contributed by atoms with Crippen LogP contribution in [0.1, 0.15) is 50.3 Å². The van der Waals surface area contributed by atoms with Crippen LogP contribution >= 0.6 is 0 Å². The highest BCUT2D eigenvalue weighted by Gasteiger charge is 2.31. The Hall–Kier alpha value is -0.940. The third kappa shape index (κ3) is 1.95. The molecule has 0 bridgehead atoms. The summed E-state index contributed by atoms with van der Waals surface area (Å²) in [5, 5.41) is 12.4. The predicted molar refractivity (Wildman–Crippen MR) is 68.4 cm³/mol. The minimum absolute atomic E-state index is 0.371. The Morgan fingerprint density at radius 1 is 1.39 bits per heavy atom. The Balaban J connectivity index is 1.91. The number of hydrogen-bond donors (Lipinski definition) is 1. The highest BCUT2D eigenvalue weighted by molar-refractivity contribution is 5.09. The van der Waals surface area contributed by atoms with Crippen molar-refractivity contribution < 1.29 is 4.74 Å². The van der Waals surface area contributed by atoms with Crippen molar-refractivity contribution in [2.75, 3.05) is 19.8 Å². The van der Waals surface area contributed by atoms with Crippen molar-refractivity contribution in [3.63, 3.8) is 0 Å². The van der Waals surface area contributed by atoms with Crippen LogP contribution in [-0.2, 0) is 11.3 Å². The molecule has 0 aromatic carbocycles. The van der Waals surface area contributed by atoms with Crippen LogP contribution in [0.3, 0.4) is 0 Å². The lowest BCUT2D eigenvalue weighted by atomic mass is 9.89. The first-order valence-electron chi connectivity index (χ1n) is 7.05. The van der Waals surface area contributed by atoms with E-state index in [1.165, 1.54) is 5.82 Å². The minimum atomic E-state index is 0.371. The summed E-state index contributed by atoms with van der Waals surface area (Å²) >= 11 is 0. The standard InChI is InChI=1S/C13H22N4O/c1-3-11-13-16-15-12(17(13)6-5-14-11)10-4-7-18-8-9(10)2/h9-11,14H,3-8H2,1-2H3. The summed E-state index contributed by atoms with van der Waals surface area (Å²) in [5.41, 5.74) is 0.